The largest absolute Gasteiger partial charge is 0.481 e. The predicted octanol–water partition coefficient (Wildman–Crippen LogP) is 6.21. The van der Waals surface area contributed by atoms with Gasteiger partial charge in [-0.25, -0.2) is 0 Å². The van der Waals surface area contributed by atoms with Crippen molar-refractivity contribution in [2.45, 2.75) is 112 Å². The second kappa shape index (κ2) is 7.34. The number of carboxylic acids is 1. The van der Waals surface area contributed by atoms with Crippen LogP contribution >= 0.6 is 0 Å². The van der Waals surface area contributed by atoms with E-state index in [0.29, 0.717) is 11.8 Å². The highest BCUT2D eigenvalue weighted by Gasteiger charge is 2.69. The molecule has 0 aliphatic heterocycles. The van der Waals surface area contributed by atoms with Crippen LogP contribution in [0.25, 0.3) is 0 Å². The highest BCUT2D eigenvalue weighted by Crippen LogP contribution is 2.75. The molecule has 4 saturated carbocycles. The van der Waals surface area contributed by atoms with Crippen molar-refractivity contribution in [2.75, 3.05) is 6.61 Å². The van der Waals surface area contributed by atoms with Crippen molar-refractivity contribution in [3.05, 3.63) is 11.6 Å². The lowest BCUT2D eigenvalue weighted by Gasteiger charge is -2.71. The van der Waals surface area contributed by atoms with Gasteiger partial charge in [0.05, 0.1) is 18.1 Å². The molecule has 192 valence electrons. The fourth-order valence-electron chi connectivity index (χ4n) is 10.7. The molecule has 0 amide bonds. The summed E-state index contributed by atoms with van der Waals surface area (Å²) in [6.07, 6.45) is 11.6. The van der Waals surface area contributed by atoms with Gasteiger partial charge in [-0.15, -0.1) is 0 Å². The maximum atomic E-state index is 12.8. The van der Waals surface area contributed by atoms with Crippen LogP contribution in [0.5, 0.6) is 0 Å². The Labute approximate surface area is 206 Å². The quantitative estimate of drug-likeness (QED) is 0.418. The van der Waals surface area contributed by atoms with Crippen molar-refractivity contribution in [1.82, 2.24) is 0 Å². The van der Waals surface area contributed by atoms with Crippen LogP contribution in [0.2, 0.25) is 0 Å². The van der Waals surface area contributed by atoms with Crippen LogP contribution < -0.4 is 0 Å². The lowest BCUT2D eigenvalue weighted by atomic mass is 9.33. The molecule has 4 nitrogen and oxygen atoms in total. The first-order chi connectivity index (χ1) is 15.7. The molecule has 0 spiro atoms. The van der Waals surface area contributed by atoms with E-state index < -0.39 is 22.9 Å². The summed E-state index contributed by atoms with van der Waals surface area (Å²) in [6.45, 7) is 14.3. The monoisotopic (exact) mass is 472 g/mol. The van der Waals surface area contributed by atoms with E-state index in [1.165, 1.54) is 5.57 Å². The maximum Gasteiger partial charge on any atom is 0.310 e. The van der Waals surface area contributed by atoms with Crippen LogP contribution in [0.15, 0.2) is 11.6 Å². The smallest absolute Gasteiger partial charge is 0.310 e. The number of carbonyl (C=O) groups is 1. The molecule has 4 heteroatoms. The van der Waals surface area contributed by atoms with Gasteiger partial charge in [-0.2, -0.15) is 0 Å². The van der Waals surface area contributed by atoms with Gasteiger partial charge in [0, 0.05) is 5.41 Å². The fourth-order valence-corrected chi connectivity index (χ4v) is 10.7. The minimum atomic E-state index is -0.588. The summed E-state index contributed by atoms with van der Waals surface area (Å²) in [7, 11) is 0. The van der Waals surface area contributed by atoms with Crippen molar-refractivity contribution in [2.24, 2.45) is 50.2 Å². The van der Waals surface area contributed by atoms with Crippen LogP contribution in [-0.2, 0) is 4.79 Å². The number of carboxylic acid groups (broad SMARTS) is 1. The van der Waals surface area contributed by atoms with Gasteiger partial charge >= 0.3 is 5.97 Å². The molecule has 0 radical (unpaired) electrons. The SMILES string of the molecule is CC1(C)CC[C@]2(C(=O)O)CC[C@]3(C)C(=CC[C@H]4[C@@]5(C)CC[C@H](O)[C@@](C)(CO)[C@H]5CC[C@]43C)[C@@H]2C1. The topological polar surface area (TPSA) is 77.8 Å². The summed E-state index contributed by atoms with van der Waals surface area (Å²) in [5, 5.41) is 31.8. The van der Waals surface area contributed by atoms with Gasteiger partial charge in [0.15, 0.2) is 0 Å². The summed E-state index contributed by atoms with van der Waals surface area (Å²) >= 11 is 0. The molecule has 3 N–H and O–H groups in total. The Hall–Kier alpha value is -0.870. The summed E-state index contributed by atoms with van der Waals surface area (Å²) in [4.78, 5) is 12.8. The third kappa shape index (κ3) is 2.88. The highest BCUT2D eigenvalue weighted by atomic mass is 16.4. The van der Waals surface area contributed by atoms with Gasteiger partial charge in [0.25, 0.3) is 0 Å². The standard InChI is InChI=1S/C30H48O4/c1-25(2)13-15-30(24(33)34)16-14-28(5)19(20(30)17-25)7-8-22-26(3)11-10-23(32)27(4,18-31)21(26)9-12-29(22,28)6/h7,20-23,31-32H,8-18H2,1-6H3,(H,33,34)/t20-,21-,22-,23-,26-,27-,28+,29+,30-/m0/s1. The molecule has 9 atom stereocenters. The van der Waals surface area contributed by atoms with Gasteiger partial charge in [-0.1, -0.05) is 53.2 Å². The van der Waals surface area contributed by atoms with Crippen LogP contribution in [0.3, 0.4) is 0 Å². The number of aliphatic hydroxyl groups excluding tert-OH is 2. The van der Waals surface area contributed by atoms with E-state index in [1.54, 1.807) is 0 Å². The second-order valence-corrected chi connectivity index (χ2v) is 14.9. The molecule has 0 aromatic heterocycles. The summed E-state index contributed by atoms with van der Waals surface area (Å²) in [6, 6.07) is 0. The van der Waals surface area contributed by atoms with Crippen molar-refractivity contribution >= 4 is 5.97 Å². The average molecular weight is 473 g/mol. The Balaban J connectivity index is 1.60. The van der Waals surface area contributed by atoms with Crippen molar-refractivity contribution in [3.8, 4) is 0 Å². The average Bonchev–Trinajstić information content (AvgIpc) is 2.76. The van der Waals surface area contributed by atoms with Gasteiger partial charge in [-0.05, 0) is 104 Å². The molecular formula is C30H48O4. The van der Waals surface area contributed by atoms with E-state index in [9.17, 15) is 20.1 Å². The van der Waals surface area contributed by atoms with Crippen LogP contribution in [0.1, 0.15) is 106 Å². The van der Waals surface area contributed by atoms with Crippen LogP contribution in [0.4, 0.5) is 0 Å². The summed E-state index contributed by atoms with van der Waals surface area (Å²) < 4.78 is 0. The Bertz CT molecular complexity index is 907. The van der Waals surface area contributed by atoms with Crippen molar-refractivity contribution in [1.29, 1.82) is 0 Å². The second-order valence-electron chi connectivity index (χ2n) is 14.9. The zero-order valence-electron chi connectivity index (χ0n) is 22.4. The molecule has 5 aliphatic rings. The number of hydrogen-bond donors (Lipinski definition) is 3. The molecule has 0 bridgehead atoms. The number of rotatable bonds is 2. The molecule has 0 heterocycles. The van der Waals surface area contributed by atoms with Crippen LogP contribution in [0, 0.1) is 50.2 Å². The predicted molar refractivity (Wildman–Crippen MR) is 134 cm³/mol. The normalized spacial score (nSPS) is 54.1. The number of aliphatic hydroxyl groups is 2. The zero-order chi connectivity index (χ0) is 24.9. The van der Waals surface area contributed by atoms with E-state index in [1.807, 2.05) is 0 Å². The minimum Gasteiger partial charge on any atom is -0.481 e. The Morgan fingerprint density at radius 1 is 0.941 bits per heavy atom. The third-order valence-electron chi connectivity index (χ3n) is 13.2. The first-order valence-corrected chi connectivity index (χ1v) is 13.9. The Kier molecular flexibility index (Phi) is 5.36. The molecule has 0 unspecified atom stereocenters. The molecule has 0 aromatic carbocycles. The van der Waals surface area contributed by atoms with Gasteiger partial charge < -0.3 is 15.3 Å². The first-order valence-electron chi connectivity index (χ1n) is 13.9. The van der Waals surface area contributed by atoms with Gasteiger partial charge in [0.1, 0.15) is 0 Å². The molecule has 5 aliphatic carbocycles. The van der Waals surface area contributed by atoms with Crippen molar-refractivity contribution < 1.29 is 20.1 Å². The van der Waals surface area contributed by atoms with E-state index >= 15 is 0 Å². The van der Waals surface area contributed by atoms with Crippen LogP contribution in [-0.4, -0.2) is 34.0 Å². The number of allylic oxidation sites excluding steroid dienone is 2. The lowest BCUT2D eigenvalue weighted by molar-refractivity contribution is -0.216. The lowest BCUT2D eigenvalue weighted by Crippen LogP contribution is -2.65. The molecular weight excluding hydrogens is 424 g/mol. The maximum absolute atomic E-state index is 12.8. The van der Waals surface area contributed by atoms with Gasteiger partial charge in [0.2, 0.25) is 0 Å². The summed E-state index contributed by atoms with van der Waals surface area (Å²) in [5.41, 5.74) is 0.858. The fraction of sp³-hybridized carbons (Fsp3) is 0.900. The molecule has 4 fully saturated rings. The molecule has 5 rings (SSSR count). The molecule has 0 aromatic rings. The van der Waals surface area contributed by atoms with Crippen molar-refractivity contribution in [3.63, 3.8) is 0 Å². The highest BCUT2D eigenvalue weighted by molar-refractivity contribution is 5.76. The van der Waals surface area contributed by atoms with Gasteiger partial charge in [-0.3, -0.25) is 4.79 Å². The number of hydrogen-bond acceptors (Lipinski definition) is 3. The Morgan fingerprint density at radius 3 is 2.26 bits per heavy atom. The molecule has 0 saturated heterocycles. The van der Waals surface area contributed by atoms with E-state index in [-0.39, 0.29) is 34.2 Å². The third-order valence-corrected chi connectivity index (χ3v) is 13.2. The van der Waals surface area contributed by atoms with E-state index in [0.717, 1.165) is 64.2 Å². The van der Waals surface area contributed by atoms with E-state index in [2.05, 4.69) is 47.6 Å². The minimum absolute atomic E-state index is 0.0204. The van der Waals surface area contributed by atoms with E-state index in [4.69, 9.17) is 0 Å². The Morgan fingerprint density at radius 2 is 1.62 bits per heavy atom. The first kappa shape index (κ1) is 24.8. The number of fused-ring (bicyclic) bond motifs is 7. The summed E-state index contributed by atoms with van der Waals surface area (Å²) in [5.74, 6) is 0.395. The molecule has 34 heavy (non-hydrogen) atoms. The number of aliphatic carboxylic acids is 1. The zero-order valence-corrected chi connectivity index (χ0v) is 22.4.